The highest BCUT2D eigenvalue weighted by Gasteiger charge is 2.16. The highest BCUT2D eigenvalue weighted by atomic mass is 15.3. The third-order valence-electron chi connectivity index (χ3n) is 3.33. The third-order valence-corrected chi connectivity index (χ3v) is 3.33. The van der Waals surface area contributed by atoms with Crippen LogP contribution in [-0.2, 0) is 13.1 Å². The predicted octanol–water partition coefficient (Wildman–Crippen LogP) is 2.09. The van der Waals surface area contributed by atoms with E-state index in [9.17, 15) is 0 Å². The van der Waals surface area contributed by atoms with Gasteiger partial charge in [0.15, 0.2) is 0 Å². The molecule has 2 aromatic rings. The van der Waals surface area contributed by atoms with Gasteiger partial charge in [-0.05, 0) is 33.8 Å². The maximum absolute atomic E-state index is 4.55. The lowest BCUT2D eigenvalue weighted by Crippen LogP contribution is -2.19. The van der Waals surface area contributed by atoms with Crippen molar-refractivity contribution in [1.29, 1.82) is 0 Å². The van der Waals surface area contributed by atoms with Gasteiger partial charge in [-0.3, -0.25) is 9.78 Å². The van der Waals surface area contributed by atoms with Crippen molar-refractivity contribution in [1.82, 2.24) is 25.3 Å². The molecule has 0 radical (unpaired) electrons. The van der Waals surface area contributed by atoms with Crippen molar-refractivity contribution in [2.75, 3.05) is 0 Å². The largest absolute Gasteiger partial charge is 0.304 e. The van der Waals surface area contributed by atoms with Gasteiger partial charge in [-0.25, -0.2) is 0 Å². The van der Waals surface area contributed by atoms with Crippen molar-refractivity contribution in [2.45, 2.75) is 46.8 Å². The van der Waals surface area contributed by atoms with E-state index in [1.165, 1.54) is 11.3 Å². The molecule has 5 heteroatoms. The van der Waals surface area contributed by atoms with E-state index in [2.05, 4.69) is 53.0 Å². The van der Waals surface area contributed by atoms with Crippen molar-refractivity contribution in [3.63, 3.8) is 0 Å². The van der Waals surface area contributed by atoms with E-state index in [4.69, 9.17) is 0 Å². The van der Waals surface area contributed by atoms with E-state index in [0.29, 0.717) is 0 Å². The average Bonchev–Trinajstić information content (AvgIpc) is 2.94. The van der Waals surface area contributed by atoms with Gasteiger partial charge in [-0.1, -0.05) is 0 Å². The summed E-state index contributed by atoms with van der Waals surface area (Å²) in [4.78, 5) is 0. The predicted molar refractivity (Wildman–Crippen MR) is 71.2 cm³/mol. The summed E-state index contributed by atoms with van der Waals surface area (Å²) < 4.78 is 2.05. The second-order valence-corrected chi connectivity index (χ2v) is 4.58. The molecule has 0 saturated carbocycles. The zero-order chi connectivity index (χ0) is 13.1. The number of aromatic nitrogens is 4. The topological polar surface area (TPSA) is 58.5 Å². The van der Waals surface area contributed by atoms with Crippen molar-refractivity contribution >= 4 is 0 Å². The fourth-order valence-corrected chi connectivity index (χ4v) is 2.39. The number of hydrogen-bond acceptors (Lipinski definition) is 3. The summed E-state index contributed by atoms with van der Waals surface area (Å²) in [5, 5.41) is 14.9. The molecule has 98 valence electrons. The molecular formula is C13H21N5. The Morgan fingerprint density at radius 1 is 1.44 bits per heavy atom. The van der Waals surface area contributed by atoms with Crippen LogP contribution >= 0.6 is 0 Å². The summed E-state index contributed by atoms with van der Waals surface area (Å²) in [7, 11) is 0. The van der Waals surface area contributed by atoms with E-state index in [1.807, 2.05) is 6.07 Å². The molecule has 1 unspecified atom stereocenters. The van der Waals surface area contributed by atoms with Crippen molar-refractivity contribution in [3.8, 4) is 0 Å². The summed E-state index contributed by atoms with van der Waals surface area (Å²) in [6, 6.07) is 2.27. The molecule has 0 fully saturated rings. The quantitative estimate of drug-likeness (QED) is 0.850. The van der Waals surface area contributed by atoms with Crippen LogP contribution < -0.4 is 5.32 Å². The highest BCUT2D eigenvalue weighted by molar-refractivity contribution is 5.27. The molecule has 1 atom stereocenters. The molecular weight excluding hydrogens is 226 g/mol. The van der Waals surface area contributed by atoms with Gasteiger partial charge in [0, 0.05) is 42.3 Å². The van der Waals surface area contributed by atoms with Crippen LogP contribution in [0.1, 0.15) is 42.5 Å². The highest BCUT2D eigenvalue weighted by Crippen LogP contribution is 2.21. The van der Waals surface area contributed by atoms with Gasteiger partial charge in [-0.2, -0.15) is 10.2 Å². The fourth-order valence-electron chi connectivity index (χ4n) is 2.39. The molecule has 0 aliphatic heterocycles. The average molecular weight is 247 g/mol. The smallest absolute Gasteiger partial charge is 0.0644 e. The molecule has 2 aromatic heterocycles. The zero-order valence-electron chi connectivity index (χ0n) is 11.5. The molecule has 0 aliphatic carbocycles. The maximum atomic E-state index is 4.55. The maximum Gasteiger partial charge on any atom is 0.0644 e. The van der Waals surface area contributed by atoms with Gasteiger partial charge < -0.3 is 5.32 Å². The normalized spacial score (nSPS) is 12.9. The lowest BCUT2D eigenvalue weighted by molar-refractivity contribution is 0.559. The van der Waals surface area contributed by atoms with Gasteiger partial charge in [-0.15, -0.1) is 0 Å². The Morgan fingerprint density at radius 2 is 2.22 bits per heavy atom. The Labute approximate surface area is 108 Å². The molecule has 0 amide bonds. The Kier molecular flexibility index (Phi) is 3.81. The van der Waals surface area contributed by atoms with E-state index >= 15 is 0 Å². The van der Waals surface area contributed by atoms with Crippen LogP contribution in [0.25, 0.3) is 0 Å². The van der Waals surface area contributed by atoms with Crippen molar-refractivity contribution < 1.29 is 0 Å². The summed E-state index contributed by atoms with van der Waals surface area (Å²) in [6.07, 6.45) is 1.77. The number of aromatic amines is 1. The molecule has 0 spiro atoms. The van der Waals surface area contributed by atoms with Crippen LogP contribution in [0.5, 0.6) is 0 Å². The van der Waals surface area contributed by atoms with Crippen LogP contribution in [0.2, 0.25) is 0 Å². The van der Waals surface area contributed by atoms with E-state index < -0.39 is 0 Å². The second-order valence-electron chi connectivity index (χ2n) is 4.58. The van der Waals surface area contributed by atoms with Crippen molar-refractivity contribution in [2.24, 2.45) is 0 Å². The summed E-state index contributed by atoms with van der Waals surface area (Å²) in [5.74, 6) is 0. The molecule has 5 nitrogen and oxygen atoms in total. The Hall–Kier alpha value is -1.62. The van der Waals surface area contributed by atoms with Gasteiger partial charge in [0.1, 0.15) is 0 Å². The Morgan fingerprint density at radius 3 is 2.78 bits per heavy atom. The van der Waals surface area contributed by atoms with E-state index in [1.54, 1.807) is 6.20 Å². The van der Waals surface area contributed by atoms with Crippen LogP contribution in [0, 0.1) is 13.8 Å². The second kappa shape index (κ2) is 5.35. The number of rotatable bonds is 5. The minimum atomic E-state index is 0.286. The van der Waals surface area contributed by atoms with Crippen LogP contribution in [0.15, 0.2) is 12.3 Å². The molecule has 0 aliphatic rings. The zero-order valence-corrected chi connectivity index (χ0v) is 11.5. The molecule has 2 heterocycles. The van der Waals surface area contributed by atoms with Gasteiger partial charge in [0.25, 0.3) is 0 Å². The number of nitrogens with one attached hydrogen (secondary N) is 2. The molecule has 0 bridgehead atoms. The number of nitrogens with zero attached hydrogens (tertiary/aromatic N) is 3. The summed E-state index contributed by atoms with van der Waals surface area (Å²) >= 11 is 0. The van der Waals surface area contributed by atoms with Crippen LogP contribution in [0.4, 0.5) is 0 Å². The first kappa shape index (κ1) is 12.8. The van der Waals surface area contributed by atoms with Crippen LogP contribution in [0.3, 0.4) is 0 Å². The van der Waals surface area contributed by atoms with E-state index in [0.717, 1.165) is 24.5 Å². The summed E-state index contributed by atoms with van der Waals surface area (Å²) in [6.45, 7) is 10.2. The Balaban J connectivity index is 2.08. The monoisotopic (exact) mass is 247 g/mol. The first-order valence-electron chi connectivity index (χ1n) is 6.39. The van der Waals surface area contributed by atoms with Gasteiger partial charge in [0.2, 0.25) is 0 Å². The molecule has 18 heavy (non-hydrogen) atoms. The van der Waals surface area contributed by atoms with Gasteiger partial charge >= 0.3 is 0 Å². The fraction of sp³-hybridized carbons (Fsp3) is 0.538. The molecule has 2 rings (SSSR count). The van der Waals surface area contributed by atoms with Gasteiger partial charge in [0.05, 0.1) is 5.69 Å². The Bertz CT molecular complexity index is 498. The van der Waals surface area contributed by atoms with Crippen molar-refractivity contribution in [3.05, 3.63) is 34.9 Å². The lowest BCUT2D eigenvalue weighted by Gasteiger charge is -2.14. The molecule has 0 aromatic carbocycles. The first-order valence-corrected chi connectivity index (χ1v) is 6.39. The number of aryl methyl sites for hydroxylation is 2. The number of hydrogen-bond donors (Lipinski definition) is 2. The molecule has 0 saturated heterocycles. The minimum Gasteiger partial charge on any atom is -0.304 e. The standard InChI is InChI=1S/C13H21N5/c1-5-18-11(4)13(10(3)17-18)9(2)14-8-12-6-7-15-16-12/h6-7,9,14H,5,8H2,1-4H3,(H,15,16). The van der Waals surface area contributed by atoms with E-state index in [-0.39, 0.29) is 6.04 Å². The molecule has 2 N–H and O–H groups in total. The number of H-pyrrole nitrogens is 1. The SMILES string of the molecule is CCn1nc(C)c(C(C)NCc2ccn[nH]2)c1C. The first-order chi connectivity index (χ1) is 8.63. The lowest BCUT2D eigenvalue weighted by atomic mass is 10.1. The third kappa shape index (κ3) is 2.46. The summed E-state index contributed by atoms with van der Waals surface area (Å²) in [5.41, 5.74) is 4.76. The minimum absolute atomic E-state index is 0.286. The van der Waals surface area contributed by atoms with Crippen LogP contribution in [-0.4, -0.2) is 20.0 Å².